The van der Waals surface area contributed by atoms with E-state index in [0.29, 0.717) is 11.4 Å². The Morgan fingerprint density at radius 1 is 1.19 bits per heavy atom. The highest BCUT2D eigenvalue weighted by Crippen LogP contribution is 2.29. The number of esters is 1. The van der Waals surface area contributed by atoms with E-state index in [4.69, 9.17) is 4.74 Å². The Balaban J connectivity index is 1.71. The van der Waals surface area contributed by atoms with Crippen molar-refractivity contribution in [2.45, 2.75) is 20.3 Å². The third kappa shape index (κ3) is 3.42. The predicted molar refractivity (Wildman–Crippen MR) is 95.1 cm³/mol. The van der Waals surface area contributed by atoms with Crippen LogP contribution in [0.15, 0.2) is 42.5 Å². The van der Waals surface area contributed by atoms with Gasteiger partial charge in [0.25, 0.3) is 5.69 Å². The summed E-state index contributed by atoms with van der Waals surface area (Å²) in [4.78, 5) is 36.4. The molecule has 3 rings (SSSR count). The Kier molecular flexibility index (Phi) is 4.71. The largest absolute Gasteiger partial charge is 0.426 e. The molecule has 7 heteroatoms. The van der Waals surface area contributed by atoms with Gasteiger partial charge >= 0.3 is 5.97 Å². The normalized spacial score (nSPS) is 16.6. The molecule has 1 atom stereocenters. The summed E-state index contributed by atoms with van der Waals surface area (Å²) < 4.78 is 5.49. The summed E-state index contributed by atoms with van der Waals surface area (Å²) in [7, 11) is 0. The Morgan fingerprint density at radius 2 is 1.88 bits per heavy atom. The van der Waals surface area contributed by atoms with Crippen LogP contribution in [0.1, 0.15) is 17.5 Å². The summed E-state index contributed by atoms with van der Waals surface area (Å²) >= 11 is 0. The zero-order valence-corrected chi connectivity index (χ0v) is 14.5. The van der Waals surface area contributed by atoms with Gasteiger partial charge in [-0.05, 0) is 43.2 Å². The van der Waals surface area contributed by atoms with Crippen molar-refractivity contribution < 1.29 is 19.2 Å². The van der Waals surface area contributed by atoms with Crippen LogP contribution in [0.3, 0.4) is 0 Å². The van der Waals surface area contributed by atoms with E-state index in [2.05, 4.69) is 0 Å². The standard InChI is InChI=1S/C19H18N2O5/c1-12-4-3-5-17(13(12)2)26-19(23)14-10-18(22)20(11-14)15-6-8-16(9-7-15)21(24)25/h3-9,14H,10-11H2,1-2H3/t14-/m0/s1. The number of amides is 1. The van der Waals surface area contributed by atoms with Gasteiger partial charge in [0, 0.05) is 30.8 Å². The molecule has 0 aromatic heterocycles. The molecule has 0 spiro atoms. The van der Waals surface area contributed by atoms with Crippen LogP contribution in [0.4, 0.5) is 11.4 Å². The van der Waals surface area contributed by atoms with Crippen molar-refractivity contribution in [1.29, 1.82) is 0 Å². The third-order valence-electron chi connectivity index (χ3n) is 4.60. The second kappa shape index (κ2) is 6.95. The van der Waals surface area contributed by atoms with Gasteiger partial charge in [0.2, 0.25) is 5.91 Å². The summed E-state index contributed by atoms with van der Waals surface area (Å²) in [5.74, 6) is -0.730. The lowest BCUT2D eigenvalue weighted by atomic mass is 10.1. The van der Waals surface area contributed by atoms with Crippen molar-refractivity contribution in [2.75, 3.05) is 11.4 Å². The lowest BCUT2D eigenvalue weighted by Crippen LogP contribution is -2.27. The van der Waals surface area contributed by atoms with Gasteiger partial charge in [-0.15, -0.1) is 0 Å². The van der Waals surface area contributed by atoms with Crippen molar-refractivity contribution in [2.24, 2.45) is 5.92 Å². The summed E-state index contributed by atoms with van der Waals surface area (Å²) in [6, 6.07) is 11.2. The van der Waals surface area contributed by atoms with E-state index in [0.717, 1.165) is 11.1 Å². The molecule has 0 unspecified atom stereocenters. The van der Waals surface area contributed by atoms with Gasteiger partial charge in [-0.3, -0.25) is 19.7 Å². The van der Waals surface area contributed by atoms with Gasteiger partial charge in [-0.2, -0.15) is 0 Å². The number of aryl methyl sites for hydroxylation is 1. The van der Waals surface area contributed by atoms with E-state index < -0.39 is 16.8 Å². The third-order valence-corrected chi connectivity index (χ3v) is 4.60. The van der Waals surface area contributed by atoms with Gasteiger partial charge in [0.1, 0.15) is 5.75 Å². The Bertz CT molecular complexity index is 876. The number of rotatable bonds is 4. The number of non-ortho nitro benzene ring substituents is 1. The molecule has 1 amide bonds. The molecular weight excluding hydrogens is 336 g/mol. The molecule has 1 heterocycles. The molecule has 0 radical (unpaired) electrons. The van der Waals surface area contributed by atoms with E-state index in [9.17, 15) is 19.7 Å². The summed E-state index contributed by atoms with van der Waals surface area (Å²) in [5, 5.41) is 10.7. The first-order valence-corrected chi connectivity index (χ1v) is 8.19. The van der Waals surface area contributed by atoms with Crippen LogP contribution in [0.2, 0.25) is 0 Å². The van der Waals surface area contributed by atoms with Crippen LogP contribution in [0.25, 0.3) is 0 Å². The number of carbonyl (C=O) groups excluding carboxylic acids is 2. The maximum Gasteiger partial charge on any atom is 0.316 e. The van der Waals surface area contributed by atoms with Crippen LogP contribution < -0.4 is 9.64 Å². The first-order chi connectivity index (χ1) is 12.4. The quantitative estimate of drug-likeness (QED) is 0.364. The molecular formula is C19H18N2O5. The molecule has 2 aromatic rings. The SMILES string of the molecule is Cc1cccc(OC(=O)[C@H]2CC(=O)N(c3ccc([N+](=O)[O-])cc3)C2)c1C. The first-order valence-electron chi connectivity index (χ1n) is 8.19. The molecule has 1 aliphatic rings. The zero-order valence-electron chi connectivity index (χ0n) is 14.5. The minimum atomic E-state index is -0.572. The Hall–Kier alpha value is -3.22. The van der Waals surface area contributed by atoms with Crippen LogP contribution >= 0.6 is 0 Å². The highest BCUT2D eigenvalue weighted by atomic mass is 16.6. The fourth-order valence-corrected chi connectivity index (χ4v) is 2.90. The van der Waals surface area contributed by atoms with E-state index in [1.54, 1.807) is 6.07 Å². The average Bonchev–Trinajstić information content (AvgIpc) is 3.01. The summed E-state index contributed by atoms with van der Waals surface area (Å²) in [6.07, 6.45) is 0.0562. The number of nitro benzene ring substituents is 1. The fourth-order valence-electron chi connectivity index (χ4n) is 2.90. The summed E-state index contributed by atoms with van der Waals surface area (Å²) in [5.41, 5.74) is 2.39. The number of nitrogens with zero attached hydrogens (tertiary/aromatic N) is 2. The molecule has 7 nitrogen and oxygen atoms in total. The van der Waals surface area contributed by atoms with E-state index >= 15 is 0 Å². The van der Waals surface area contributed by atoms with Crippen molar-refractivity contribution in [3.63, 3.8) is 0 Å². The minimum absolute atomic E-state index is 0.0497. The topological polar surface area (TPSA) is 89.8 Å². The van der Waals surface area contributed by atoms with E-state index in [1.165, 1.54) is 29.2 Å². The van der Waals surface area contributed by atoms with Gasteiger partial charge in [0.15, 0.2) is 0 Å². The molecule has 1 aliphatic heterocycles. The molecule has 1 fully saturated rings. The van der Waals surface area contributed by atoms with E-state index in [-0.39, 0.29) is 24.6 Å². The van der Waals surface area contributed by atoms with Crippen LogP contribution in [0.5, 0.6) is 5.75 Å². The summed E-state index contributed by atoms with van der Waals surface area (Å²) in [6.45, 7) is 4.00. The van der Waals surface area contributed by atoms with Crippen molar-refractivity contribution in [3.8, 4) is 5.75 Å². The van der Waals surface area contributed by atoms with Crippen molar-refractivity contribution in [1.82, 2.24) is 0 Å². The number of ether oxygens (including phenoxy) is 1. The predicted octanol–water partition coefficient (Wildman–Crippen LogP) is 3.17. The van der Waals surface area contributed by atoms with Gasteiger partial charge in [0.05, 0.1) is 10.8 Å². The van der Waals surface area contributed by atoms with E-state index in [1.807, 2.05) is 26.0 Å². The first kappa shape index (κ1) is 17.6. The van der Waals surface area contributed by atoms with Gasteiger partial charge < -0.3 is 9.64 Å². The fraction of sp³-hybridized carbons (Fsp3) is 0.263. The number of hydrogen-bond donors (Lipinski definition) is 0. The van der Waals surface area contributed by atoms with Gasteiger partial charge in [-0.1, -0.05) is 12.1 Å². The minimum Gasteiger partial charge on any atom is -0.426 e. The molecule has 134 valence electrons. The molecule has 0 saturated carbocycles. The van der Waals surface area contributed by atoms with Crippen molar-refractivity contribution >= 4 is 23.3 Å². The molecule has 0 aliphatic carbocycles. The number of benzene rings is 2. The number of anilines is 1. The van der Waals surface area contributed by atoms with Gasteiger partial charge in [-0.25, -0.2) is 0 Å². The maximum absolute atomic E-state index is 12.5. The highest BCUT2D eigenvalue weighted by Gasteiger charge is 2.36. The second-order valence-electron chi connectivity index (χ2n) is 6.30. The Morgan fingerprint density at radius 3 is 2.54 bits per heavy atom. The monoisotopic (exact) mass is 354 g/mol. The zero-order chi connectivity index (χ0) is 18.8. The van der Waals surface area contributed by atoms with Crippen LogP contribution in [0, 0.1) is 29.9 Å². The second-order valence-corrected chi connectivity index (χ2v) is 6.30. The Labute approximate surface area is 150 Å². The highest BCUT2D eigenvalue weighted by molar-refractivity contribution is 5.99. The number of hydrogen-bond acceptors (Lipinski definition) is 5. The molecule has 1 saturated heterocycles. The number of carbonyl (C=O) groups is 2. The van der Waals surface area contributed by atoms with Crippen molar-refractivity contribution in [3.05, 3.63) is 63.7 Å². The van der Waals surface area contributed by atoms with Crippen LogP contribution in [-0.4, -0.2) is 23.3 Å². The smallest absolute Gasteiger partial charge is 0.316 e. The lowest BCUT2D eigenvalue weighted by Gasteiger charge is -2.16. The molecule has 0 bridgehead atoms. The molecule has 0 N–H and O–H groups in total. The average molecular weight is 354 g/mol. The van der Waals surface area contributed by atoms with Crippen LogP contribution in [-0.2, 0) is 9.59 Å². The molecule has 26 heavy (non-hydrogen) atoms. The molecule has 2 aromatic carbocycles. The maximum atomic E-state index is 12.5. The lowest BCUT2D eigenvalue weighted by molar-refractivity contribution is -0.384. The number of nitro groups is 1.